The number of nitrogens with one attached hydrogen (secondary N) is 1. The molecule has 98 valence electrons. The minimum atomic E-state index is 0.512. The first-order chi connectivity index (χ1) is 9.43. The number of benzene rings is 2. The average molecular weight is 251 g/mol. The van der Waals surface area contributed by atoms with Crippen molar-refractivity contribution in [3.8, 4) is 0 Å². The lowest BCUT2D eigenvalue weighted by atomic mass is 9.85. The minimum Gasteiger partial charge on any atom is -0.314 e. The van der Waals surface area contributed by atoms with Gasteiger partial charge < -0.3 is 5.32 Å². The van der Waals surface area contributed by atoms with Gasteiger partial charge in [0.2, 0.25) is 0 Å². The maximum absolute atomic E-state index is 3.63. The number of hydrogen-bond acceptors (Lipinski definition) is 1. The van der Waals surface area contributed by atoms with Gasteiger partial charge in [0.1, 0.15) is 0 Å². The van der Waals surface area contributed by atoms with Crippen LogP contribution in [0.5, 0.6) is 0 Å². The van der Waals surface area contributed by atoms with Crippen molar-refractivity contribution in [2.45, 2.75) is 31.2 Å². The Morgan fingerprint density at radius 1 is 0.895 bits per heavy atom. The van der Waals surface area contributed by atoms with E-state index < -0.39 is 0 Å². The fourth-order valence-electron chi connectivity index (χ4n) is 3.08. The highest BCUT2D eigenvalue weighted by Crippen LogP contribution is 2.30. The van der Waals surface area contributed by atoms with E-state index >= 15 is 0 Å². The molecular weight excluding hydrogens is 230 g/mol. The van der Waals surface area contributed by atoms with E-state index in [9.17, 15) is 0 Å². The van der Waals surface area contributed by atoms with E-state index in [1.165, 1.54) is 36.9 Å². The van der Waals surface area contributed by atoms with Crippen LogP contribution in [0.25, 0.3) is 0 Å². The molecule has 1 fully saturated rings. The SMILES string of the molecule is c1ccc(C(C[C@@H]2CCCN2)c2ccccc2)cc1. The molecule has 0 amide bonds. The summed E-state index contributed by atoms with van der Waals surface area (Å²) in [6, 6.07) is 22.5. The molecule has 2 aromatic rings. The molecule has 1 heterocycles. The van der Waals surface area contributed by atoms with E-state index in [0.717, 1.165) is 0 Å². The van der Waals surface area contributed by atoms with Gasteiger partial charge in [-0.3, -0.25) is 0 Å². The molecule has 0 radical (unpaired) electrons. The largest absolute Gasteiger partial charge is 0.314 e. The van der Waals surface area contributed by atoms with Gasteiger partial charge in [-0.1, -0.05) is 60.7 Å². The summed E-state index contributed by atoms with van der Waals surface area (Å²) in [5.74, 6) is 0.512. The van der Waals surface area contributed by atoms with Crippen LogP contribution < -0.4 is 5.32 Å². The lowest BCUT2D eigenvalue weighted by Crippen LogP contribution is -2.24. The highest BCUT2D eigenvalue weighted by molar-refractivity contribution is 5.32. The molecule has 0 spiro atoms. The summed E-state index contributed by atoms with van der Waals surface area (Å²) in [5.41, 5.74) is 2.87. The van der Waals surface area contributed by atoms with Gasteiger partial charge in [-0.05, 0) is 36.9 Å². The van der Waals surface area contributed by atoms with Gasteiger partial charge in [0, 0.05) is 12.0 Å². The zero-order valence-corrected chi connectivity index (χ0v) is 11.3. The number of hydrogen-bond donors (Lipinski definition) is 1. The molecule has 1 N–H and O–H groups in total. The Labute approximate surface area is 115 Å². The predicted octanol–water partition coefficient (Wildman–Crippen LogP) is 3.96. The Morgan fingerprint density at radius 2 is 1.47 bits per heavy atom. The standard InChI is InChI=1S/C18H21N/c1-3-8-15(9-4-1)18(14-17-12-7-13-19-17)16-10-5-2-6-11-16/h1-6,8-11,17-19H,7,12-14H2/t17-/m0/s1. The first-order valence-corrected chi connectivity index (χ1v) is 7.27. The topological polar surface area (TPSA) is 12.0 Å². The average Bonchev–Trinajstić information content (AvgIpc) is 3.00. The Kier molecular flexibility index (Phi) is 3.95. The maximum Gasteiger partial charge on any atom is 0.0104 e. The van der Waals surface area contributed by atoms with Crippen molar-refractivity contribution in [1.29, 1.82) is 0 Å². The molecule has 2 aromatic carbocycles. The van der Waals surface area contributed by atoms with Gasteiger partial charge in [0.15, 0.2) is 0 Å². The monoisotopic (exact) mass is 251 g/mol. The smallest absolute Gasteiger partial charge is 0.0104 e. The predicted molar refractivity (Wildman–Crippen MR) is 80.4 cm³/mol. The normalized spacial score (nSPS) is 18.9. The van der Waals surface area contributed by atoms with Crippen molar-refractivity contribution in [2.24, 2.45) is 0 Å². The van der Waals surface area contributed by atoms with E-state index in [1.54, 1.807) is 0 Å². The Balaban J connectivity index is 1.87. The molecule has 0 aliphatic carbocycles. The van der Waals surface area contributed by atoms with Crippen LogP contribution in [0.2, 0.25) is 0 Å². The van der Waals surface area contributed by atoms with Crippen molar-refractivity contribution < 1.29 is 0 Å². The molecule has 0 unspecified atom stereocenters. The van der Waals surface area contributed by atoms with Crippen molar-refractivity contribution in [3.63, 3.8) is 0 Å². The summed E-state index contributed by atoms with van der Waals surface area (Å²) in [6.45, 7) is 1.18. The van der Waals surface area contributed by atoms with E-state index in [0.29, 0.717) is 12.0 Å². The van der Waals surface area contributed by atoms with E-state index in [4.69, 9.17) is 0 Å². The van der Waals surface area contributed by atoms with Crippen LogP contribution in [0, 0.1) is 0 Å². The van der Waals surface area contributed by atoms with Crippen LogP contribution in [-0.4, -0.2) is 12.6 Å². The van der Waals surface area contributed by atoms with Gasteiger partial charge in [-0.2, -0.15) is 0 Å². The van der Waals surface area contributed by atoms with Crippen LogP contribution in [0.4, 0.5) is 0 Å². The maximum atomic E-state index is 3.63. The summed E-state index contributed by atoms with van der Waals surface area (Å²) in [6.07, 6.45) is 3.84. The highest BCUT2D eigenvalue weighted by Gasteiger charge is 2.21. The second-order valence-corrected chi connectivity index (χ2v) is 5.40. The fraction of sp³-hybridized carbons (Fsp3) is 0.333. The van der Waals surface area contributed by atoms with Gasteiger partial charge >= 0.3 is 0 Å². The van der Waals surface area contributed by atoms with E-state index in [-0.39, 0.29) is 0 Å². The van der Waals surface area contributed by atoms with Crippen LogP contribution in [-0.2, 0) is 0 Å². The van der Waals surface area contributed by atoms with E-state index in [2.05, 4.69) is 66.0 Å². The molecule has 0 bridgehead atoms. The number of rotatable bonds is 4. The fourth-order valence-corrected chi connectivity index (χ4v) is 3.08. The van der Waals surface area contributed by atoms with Gasteiger partial charge in [-0.25, -0.2) is 0 Å². The highest BCUT2D eigenvalue weighted by atomic mass is 14.9. The van der Waals surface area contributed by atoms with Crippen molar-refractivity contribution >= 4 is 0 Å². The Hall–Kier alpha value is -1.60. The second kappa shape index (κ2) is 6.03. The zero-order chi connectivity index (χ0) is 12.9. The summed E-state index contributed by atoms with van der Waals surface area (Å²) < 4.78 is 0. The van der Waals surface area contributed by atoms with Gasteiger partial charge in [0.05, 0.1) is 0 Å². The molecule has 1 atom stereocenters. The molecule has 3 rings (SSSR count). The van der Waals surface area contributed by atoms with Crippen molar-refractivity contribution in [2.75, 3.05) is 6.54 Å². The first-order valence-electron chi connectivity index (χ1n) is 7.27. The third-order valence-electron chi connectivity index (χ3n) is 4.09. The quantitative estimate of drug-likeness (QED) is 0.867. The summed E-state index contributed by atoms with van der Waals surface area (Å²) in [4.78, 5) is 0. The van der Waals surface area contributed by atoms with Crippen LogP contribution >= 0.6 is 0 Å². The molecule has 0 saturated carbocycles. The zero-order valence-electron chi connectivity index (χ0n) is 11.3. The summed E-state index contributed by atoms with van der Waals surface area (Å²) in [5, 5.41) is 3.63. The first kappa shape index (κ1) is 12.4. The third kappa shape index (κ3) is 3.05. The molecule has 0 aromatic heterocycles. The molecule has 1 nitrogen and oxygen atoms in total. The van der Waals surface area contributed by atoms with Crippen LogP contribution in [0.3, 0.4) is 0 Å². The summed E-state index contributed by atoms with van der Waals surface area (Å²) >= 11 is 0. The molecule has 1 saturated heterocycles. The molecule has 19 heavy (non-hydrogen) atoms. The lowest BCUT2D eigenvalue weighted by molar-refractivity contribution is 0.525. The van der Waals surface area contributed by atoms with Gasteiger partial charge in [-0.15, -0.1) is 0 Å². The van der Waals surface area contributed by atoms with Crippen LogP contribution in [0.1, 0.15) is 36.3 Å². The molecule has 1 aliphatic heterocycles. The van der Waals surface area contributed by atoms with Gasteiger partial charge in [0.25, 0.3) is 0 Å². The molecular formula is C18H21N. The summed E-state index contributed by atoms with van der Waals surface area (Å²) in [7, 11) is 0. The van der Waals surface area contributed by atoms with E-state index in [1.807, 2.05) is 0 Å². The van der Waals surface area contributed by atoms with Crippen molar-refractivity contribution in [1.82, 2.24) is 5.32 Å². The minimum absolute atomic E-state index is 0.512. The lowest BCUT2D eigenvalue weighted by Gasteiger charge is -2.22. The Morgan fingerprint density at radius 3 is 1.95 bits per heavy atom. The third-order valence-corrected chi connectivity index (χ3v) is 4.09. The van der Waals surface area contributed by atoms with Crippen LogP contribution in [0.15, 0.2) is 60.7 Å². The second-order valence-electron chi connectivity index (χ2n) is 5.40. The van der Waals surface area contributed by atoms with Crippen molar-refractivity contribution in [3.05, 3.63) is 71.8 Å². The molecule has 1 heteroatoms. The molecule has 1 aliphatic rings. The Bertz CT molecular complexity index is 446.